The van der Waals surface area contributed by atoms with Gasteiger partial charge in [-0.25, -0.2) is 0 Å². The average Bonchev–Trinajstić information content (AvgIpc) is 2.31. The second-order valence-corrected chi connectivity index (χ2v) is 7.23. The van der Waals surface area contributed by atoms with Crippen LogP contribution in [0.25, 0.3) is 0 Å². The molecule has 0 rings (SSSR count). The van der Waals surface area contributed by atoms with Crippen LogP contribution in [0.2, 0.25) is 0 Å². The van der Waals surface area contributed by atoms with E-state index in [1.54, 1.807) is 0 Å². The van der Waals surface area contributed by atoms with E-state index in [9.17, 15) is 0 Å². The highest BCUT2D eigenvalue weighted by Gasteiger charge is 2.24. The van der Waals surface area contributed by atoms with Gasteiger partial charge >= 0.3 is 0 Å². The Hall–Kier alpha value is -0.0800. The zero-order chi connectivity index (χ0) is 14.8. The van der Waals surface area contributed by atoms with E-state index in [0.29, 0.717) is 0 Å². The van der Waals surface area contributed by atoms with Gasteiger partial charge < -0.3 is 9.22 Å². The van der Waals surface area contributed by atoms with E-state index in [2.05, 4.69) is 41.9 Å². The minimum atomic E-state index is 0.110. The topological polar surface area (TPSA) is 9.23 Å². The van der Waals surface area contributed by atoms with E-state index >= 15 is 0 Å². The fraction of sp³-hybridized carbons (Fsp3) is 1.00. The molecule has 116 valence electrons. The highest BCUT2D eigenvalue weighted by Crippen LogP contribution is 2.26. The maximum Gasteiger partial charge on any atom is 0.102 e. The SMILES string of the molecule is CCCCCCC(C)(CCCC)OCC[N+](C)(C)C. The Bertz CT molecular complexity index is 210. The van der Waals surface area contributed by atoms with Crippen molar-refractivity contribution in [3.8, 4) is 0 Å². The van der Waals surface area contributed by atoms with Crippen LogP contribution in [0.3, 0.4) is 0 Å². The predicted octanol–water partition coefficient (Wildman–Crippen LogP) is 4.63. The minimum absolute atomic E-state index is 0.110. The van der Waals surface area contributed by atoms with Gasteiger partial charge in [0.2, 0.25) is 0 Å². The molecule has 0 fully saturated rings. The number of rotatable bonds is 12. The monoisotopic (exact) mass is 272 g/mol. The number of ether oxygens (including phenoxy) is 1. The molecule has 2 nitrogen and oxygen atoms in total. The van der Waals surface area contributed by atoms with Crippen LogP contribution >= 0.6 is 0 Å². The highest BCUT2D eigenvalue weighted by atomic mass is 16.5. The van der Waals surface area contributed by atoms with Gasteiger partial charge in [-0.2, -0.15) is 0 Å². The molecule has 0 aromatic heterocycles. The molecule has 0 aliphatic carbocycles. The normalized spacial score (nSPS) is 15.5. The molecule has 1 unspecified atom stereocenters. The first kappa shape index (κ1) is 18.9. The maximum atomic E-state index is 6.27. The second kappa shape index (κ2) is 9.77. The largest absolute Gasteiger partial charge is 0.369 e. The van der Waals surface area contributed by atoms with Crippen LogP contribution in [0, 0.1) is 0 Å². The van der Waals surface area contributed by atoms with E-state index in [1.807, 2.05) is 0 Å². The van der Waals surface area contributed by atoms with Crippen LogP contribution in [-0.4, -0.2) is 44.4 Å². The molecule has 19 heavy (non-hydrogen) atoms. The Morgan fingerprint density at radius 3 is 1.95 bits per heavy atom. The molecule has 0 bridgehead atoms. The molecular formula is C17H38NO+. The molecule has 0 aromatic carbocycles. The molecule has 0 heterocycles. The number of likely N-dealkylation sites (N-methyl/N-ethyl adjacent to an activating group) is 1. The summed E-state index contributed by atoms with van der Waals surface area (Å²) in [4.78, 5) is 0. The summed E-state index contributed by atoms with van der Waals surface area (Å²) in [5.74, 6) is 0. The zero-order valence-corrected chi connectivity index (χ0v) is 14.4. The van der Waals surface area contributed by atoms with Gasteiger partial charge in [0.15, 0.2) is 0 Å². The molecule has 0 aromatic rings. The molecule has 0 saturated heterocycles. The molecule has 0 spiro atoms. The van der Waals surface area contributed by atoms with Crippen molar-refractivity contribution in [3.63, 3.8) is 0 Å². The Morgan fingerprint density at radius 2 is 1.42 bits per heavy atom. The van der Waals surface area contributed by atoms with Crippen molar-refractivity contribution >= 4 is 0 Å². The van der Waals surface area contributed by atoms with Crippen molar-refractivity contribution in [1.82, 2.24) is 0 Å². The van der Waals surface area contributed by atoms with Crippen LogP contribution in [0.5, 0.6) is 0 Å². The average molecular weight is 272 g/mol. The maximum absolute atomic E-state index is 6.27. The molecule has 2 heteroatoms. The molecular weight excluding hydrogens is 234 g/mol. The summed E-state index contributed by atoms with van der Waals surface area (Å²) in [7, 11) is 6.69. The molecule has 1 atom stereocenters. The standard InChI is InChI=1S/C17H38NO/c1-7-9-11-12-14-17(3,13-10-8-2)19-16-15-18(4,5)6/h7-16H2,1-6H3/q+1. The van der Waals surface area contributed by atoms with Crippen molar-refractivity contribution in [2.75, 3.05) is 34.3 Å². The molecule has 0 amide bonds. The van der Waals surface area contributed by atoms with Gasteiger partial charge in [0.25, 0.3) is 0 Å². The predicted molar refractivity (Wildman–Crippen MR) is 85.5 cm³/mol. The lowest BCUT2D eigenvalue weighted by Gasteiger charge is -2.32. The first-order chi connectivity index (χ1) is 8.83. The summed E-state index contributed by atoms with van der Waals surface area (Å²) in [6, 6.07) is 0. The number of quaternary nitrogens is 1. The van der Waals surface area contributed by atoms with Crippen LogP contribution in [0.1, 0.15) is 72.1 Å². The number of unbranched alkanes of at least 4 members (excludes halogenated alkanes) is 4. The first-order valence-electron chi connectivity index (χ1n) is 8.27. The molecule has 0 N–H and O–H groups in total. The van der Waals surface area contributed by atoms with Gasteiger partial charge in [0.05, 0.1) is 33.4 Å². The summed E-state index contributed by atoms with van der Waals surface area (Å²) < 4.78 is 7.26. The fourth-order valence-electron chi connectivity index (χ4n) is 2.31. The highest BCUT2D eigenvalue weighted by molar-refractivity contribution is 4.75. The lowest BCUT2D eigenvalue weighted by Crippen LogP contribution is -2.40. The number of hydrogen-bond acceptors (Lipinski definition) is 1. The second-order valence-electron chi connectivity index (χ2n) is 7.23. The van der Waals surface area contributed by atoms with Crippen LogP contribution < -0.4 is 0 Å². The van der Waals surface area contributed by atoms with Crippen molar-refractivity contribution in [2.45, 2.75) is 77.7 Å². The van der Waals surface area contributed by atoms with E-state index in [1.165, 1.54) is 51.4 Å². The lowest BCUT2D eigenvalue weighted by molar-refractivity contribution is -0.871. The van der Waals surface area contributed by atoms with Crippen molar-refractivity contribution in [2.24, 2.45) is 0 Å². The molecule has 0 saturated carbocycles. The van der Waals surface area contributed by atoms with Crippen molar-refractivity contribution in [3.05, 3.63) is 0 Å². The molecule has 0 aliphatic rings. The van der Waals surface area contributed by atoms with E-state index in [0.717, 1.165) is 17.6 Å². The summed E-state index contributed by atoms with van der Waals surface area (Å²) >= 11 is 0. The summed E-state index contributed by atoms with van der Waals surface area (Å²) in [6.45, 7) is 8.84. The molecule has 0 aliphatic heterocycles. The Kier molecular flexibility index (Phi) is 9.72. The van der Waals surface area contributed by atoms with Gasteiger partial charge in [0.1, 0.15) is 6.54 Å². The van der Waals surface area contributed by atoms with Crippen LogP contribution in [0.15, 0.2) is 0 Å². The van der Waals surface area contributed by atoms with Crippen molar-refractivity contribution < 1.29 is 9.22 Å². The van der Waals surface area contributed by atoms with Crippen LogP contribution in [0.4, 0.5) is 0 Å². The van der Waals surface area contributed by atoms with Gasteiger partial charge in [-0.3, -0.25) is 0 Å². The van der Waals surface area contributed by atoms with E-state index < -0.39 is 0 Å². The lowest BCUT2D eigenvalue weighted by atomic mass is 9.92. The third-order valence-electron chi connectivity index (χ3n) is 3.83. The summed E-state index contributed by atoms with van der Waals surface area (Å²) in [5, 5.41) is 0. The van der Waals surface area contributed by atoms with Crippen LogP contribution in [-0.2, 0) is 4.74 Å². The minimum Gasteiger partial charge on any atom is -0.369 e. The van der Waals surface area contributed by atoms with Gasteiger partial charge in [-0.15, -0.1) is 0 Å². The van der Waals surface area contributed by atoms with E-state index in [-0.39, 0.29) is 5.60 Å². The van der Waals surface area contributed by atoms with Gasteiger partial charge in [-0.05, 0) is 19.8 Å². The quantitative estimate of drug-likeness (QED) is 0.372. The smallest absolute Gasteiger partial charge is 0.102 e. The third kappa shape index (κ3) is 11.4. The first-order valence-corrected chi connectivity index (χ1v) is 8.27. The fourth-order valence-corrected chi connectivity index (χ4v) is 2.31. The number of hydrogen-bond donors (Lipinski definition) is 0. The van der Waals surface area contributed by atoms with E-state index in [4.69, 9.17) is 4.74 Å². The number of nitrogens with zero attached hydrogens (tertiary/aromatic N) is 1. The third-order valence-corrected chi connectivity index (χ3v) is 3.83. The summed E-state index contributed by atoms with van der Waals surface area (Å²) in [6.07, 6.45) is 10.3. The molecule has 0 radical (unpaired) electrons. The summed E-state index contributed by atoms with van der Waals surface area (Å²) in [5.41, 5.74) is 0.110. The Labute approximate surface area is 122 Å². The van der Waals surface area contributed by atoms with Gasteiger partial charge in [-0.1, -0.05) is 52.4 Å². The Morgan fingerprint density at radius 1 is 0.842 bits per heavy atom. The van der Waals surface area contributed by atoms with Crippen molar-refractivity contribution in [1.29, 1.82) is 0 Å². The van der Waals surface area contributed by atoms with Gasteiger partial charge in [0, 0.05) is 0 Å². The Balaban J connectivity index is 4.09. The zero-order valence-electron chi connectivity index (χ0n) is 14.4.